The van der Waals surface area contributed by atoms with Gasteiger partial charge in [0.2, 0.25) is 0 Å². The number of methoxy groups -OCH3 is 1. The van der Waals surface area contributed by atoms with Crippen molar-refractivity contribution >= 4 is 16.7 Å². The fourth-order valence-electron chi connectivity index (χ4n) is 1.68. The summed E-state index contributed by atoms with van der Waals surface area (Å²) >= 11 is 0. The Bertz CT molecular complexity index is 494. The molecule has 0 saturated heterocycles. The van der Waals surface area contributed by atoms with E-state index in [1.807, 2.05) is 18.2 Å². The van der Waals surface area contributed by atoms with Crippen molar-refractivity contribution in [1.29, 1.82) is 0 Å². The van der Waals surface area contributed by atoms with Crippen molar-refractivity contribution < 1.29 is 4.74 Å². The van der Waals surface area contributed by atoms with Crippen LogP contribution in [0.25, 0.3) is 10.9 Å². The fraction of sp³-hybridized carbons (Fsp3) is 0.250. The fourth-order valence-corrected chi connectivity index (χ4v) is 1.68. The van der Waals surface area contributed by atoms with E-state index in [0.717, 1.165) is 28.6 Å². The molecule has 1 heterocycles. The van der Waals surface area contributed by atoms with Crippen LogP contribution in [0.2, 0.25) is 0 Å². The molecule has 15 heavy (non-hydrogen) atoms. The highest BCUT2D eigenvalue weighted by Gasteiger charge is 2.06. The molecule has 1 aromatic heterocycles. The van der Waals surface area contributed by atoms with Gasteiger partial charge >= 0.3 is 0 Å². The maximum absolute atomic E-state index is 5.85. The first-order valence-electron chi connectivity index (χ1n) is 4.98. The van der Waals surface area contributed by atoms with E-state index in [2.05, 4.69) is 18.0 Å². The third-order valence-electron chi connectivity index (χ3n) is 2.52. The molecule has 0 radical (unpaired) electrons. The Morgan fingerprint density at radius 1 is 1.40 bits per heavy atom. The number of aromatic nitrogens is 1. The van der Waals surface area contributed by atoms with Gasteiger partial charge in [-0.15, -0.1) is 0 Å². The summed E-state index contributed by atoms with van der Waals surface area (Å²) in [4.78, 5) is 4.37. The first-order chi connectivity index (χ1) is 7.26. The summed E-state index contributed by atoms with van der Waals surface area (Å²) in [6.07, 6.45) is 0.895. The average molecular weight is 202 g/mol. The topological polar surface area (TPSA) is 48.1 Å². The van der Waals surface area contributed by atoms with Gasteiger partial charge in [0.15, 0.2) is 0 Å². The lowest BCUT2D eigenvalue weighted by atomic mass is 10.1. The summed E-state index contributed by atoms with van der Waals surface area (Å²) in [6, 6.07) is 7.93. The van der Waals surface area contributed by atoms with Crippen LogP contribution in [-0.4, -0.2) is 12.1 Å². The van der Waals surface area contributed by atoms with Gasteiger partial charge in [0.25, 0.3) is 0 Å². The van der Waals surface area contributed by atoms with Crippen LogP contribution < -0.4 is 10.5 Å². The number of anilines is 1. The highest BCUT2D eigenvalue weighted by molar-refractivity contribution is 5.86. The van der Waals surface area contributed by atoms with Gasteiger partial charge in [0.1, 0.15) is 17.1 Å². The van der Waals surface area contributed by atoms with E-state index >= 15 is 0 Å². The van der Waals surface area contributed by atoms with Crippen LogP contribution in [-0.2, 0) is 6.42 Å². The molecular formula is C12H14N2O. The van der Waals surface area contributed by atoms with Crippen LogP contribution in [0, 0.1) is 0 Å². The van der Waals surface area contributed by atoms with Crippen LogP contribution in [0.15, 0.2) is 24.3 Å². The Morgan fingerprint density at radius 3 is 2.87 bits per heavy atom. The number of nitrogens with zero attached hydrogens (tertiary/aromatic N) is 1. The minimum atomic E-state index is 0.592. The summed E-state index contributed by atoms with van der Waals surface area (Å²) in [5, 5.41) is 1.07. The summed E-state index contributed by atoms with van der Waals surface area (Å²) in [7, 11) is 1.64. The lowest BCUT2D eigenvalue weighted by molar-refractivity contribution is 0.419. The zero-order chi connectivity index (χ0) is 10.8. The Hall–Kier alpha value is -1.77. The van der Waals surface area contributed by atoms with E-state index in [0.29, 0.717) is 5.82 Å². The molecule has 3 nitrogen and oxygen atoms in total. The summed E-state index contributed by atoms with van der Waals surface area (Å²) in [5.74, 6) is 1.36. The largest absolute Gasteiger partial charge is 0.494 e. The predicted octanol–water partition coefficient (Wildman–Crippen LogP) is 2.39. The molecule has 3 heteroatoms. The molecule has 0 bridgehead atoms. The molecule has 0 saturated carbocycles. The third kappa shape index (κ3) is 1.61. The molecule has 1 aromatic carbocycles. The highest BCUT2D eigenvalue weighted by atomic mass is 16.5. The predicted molar refractivity (Wildman–Crippen MR) is 62.1 cm³/mol. The molecule has 2 N–H and O–H groups in total. The molecule has 0 fully saturated rings. The number of hydrogen-bond acceptors (Lipinski definition) is 3. The van der Waals surface area contributed by atoms with E-state index in [4.69, 9.17) is 10.5 Å². The van der Waals surface area contributed by atoms with Crippen LogP contribution in [0.3, 0.4) is 0 Å². The third-order valence-corrected chi connectivity index (χ3v) is 2.52. The average Bonchev–Trinajstić information content (AvgIpc) is 2.27. The molecule has 0 aliphatic rings. The van der Waals surface area contributed by atoms with E-state index in [1.165, 1.54) is 0 Å². The summed E-state index contributed by atoms with van der Waals surface area (Å²) in [6.45, 7) is 2.07. The van der Waals surface area contributed by atoms with Crippen LogP contribution in [0.4, 0.5) is 5.82 Å². The minimum Gasteiger partial charge on any atom is -0.494 e. The Balaban J connectivity index is 2.74. The van der Waals surface area contributed by atoms with Crippen molar-refractivity contribution in [2.75, 3.05) is 12.8 Å². The van der Waals surface area contributed by atoms with E-state index in [-0.39, 0.29) is 0 Å². The summed E-state index contributed by atoms with van der Waals surface area (Å²) in [5.41, 5.74) is 7.76. The normalized spacial score (nSPS) is 10.5. The summed E-state index contributed by atoms with van der Waals surface area (Å²) < 4.78 is 5.24. The number of rotatable bonds is 2. The van der Waals surface area contributed by atoms with Crippen molar-refractivity contribution in [2.45, 2.75) is 13.3 Å². The van der Waals surface area contributed by atoms with Gasteiger partial charge in [-0.05, 0) is 24.1 Å². The van der Waals surface area contributed by atoms with Gasteiger partial charge < -0.3 is 10.5 Å². The zero-order valence-corrected chi connectivity index (χ0v) is 8.95. The molecular weight excluding hydrogens is 188 g/mol. The molecule has 0 amide bonds. The number of hydrogen-bond donors (Lipinski definition) is 1. The van der Waals surface area contributed by atoms with Crippen molar-refractivity contribution in [2.24, 2.45) is 0 Å². The number of para-hydroxylation sites is 1. The standard InChI is InChI=1S/C12H14N2O/c1-3-8-7-9-5-4-6-10(15-2)11(9)14-12(8)13/h4-7H,3H2,1-2H3,(H2,13,14). The number of aryl methyl sites for hydroxylation is 1. The van der Waals surface area contributed by atoms with Crippen LogP contribution in [0.5, 0.6) is 5.75 Å². The second-order valence-electron chi connectivity index (χ2n) is 3.42. The Morgan fingerprint density at radius 2 is 2.20 bits per heavy atom. The molecule has 0 unspecified atom stereocenters. The maximum atomic E-state index is 5.85. The van der Waals surface area contributed by atoms with Gasteiger partial charge in [-0.2, -0.15) is 0 Å². The first-order valence-corrected chi connectivity index (χ1v) is 4.98. The molecule has 2 rings (SSSR count). The number of fused-ring (bicyclic) bond motifs is 1. The molecule has 0 aliphatic carbocycles. The first kappa shape index (κ1) is 9.77. The lowest BCUT2D eigenvalue weighted by Crippen LogP contribution is -1.98. The molecule has 0 aliphatic heterocycles. The molecule has 0 spiro atoms. The number of nitrogen functional groups attached to an aromatic ring is 1. The van der Waals surface area contributed by atoms with Gasteiger partial charge in [-0.25, -0.2) is 4.98 Å². The van der Waals surface area contributed by atoms with Crippen LogP contribution in [0.1, 0.15) is 12.5 Å². The number of nitrogens with two attached hydrogens (primary N) is 1. The van der Waals surface area contributed by atoms with Crippen LogP contribution >= 0.6 is 0 Å². The van der Waals surface area contributed by atoms with Gasteiger partial charge in [-0.1, -0.05) is 19.1 Å². The highest BCUT2D eigenvalue weighted by Crippen LogP contribution is 2.26. The molecule has 0 atom stereocenters. The van der Waals surface area contributed by atoms with E-state index in [9.17, 15) is 0 Å². The monoisotopic (exact) mass is 202 g/mol. The van der Waals surface area contributed by atoms with Gasteiger partial charge in [-0.3, -0.25) is 0 Å². The van der Waals surface area contributed by atoms with Gasteiger partial charge in [0.05, 0.1) is 7.11 Å². The second-order valence-corrected chi connectivity index (χ2v) is 3.42. The number of ether oxygens (including phenoxy) is 1. The quantitative estimate of drug-likeness (QED) is 0.813. The zero-order valence-electron chi connectivity index (χ0n) is 8.95. The van der Waals surface area contributed by atoms with Crippen molar-refractivity contribution in [1.82, 2.24) is 4.98 Å². The SMILES string of the molecule is CCc1cc2cccc(OC)c2nc1N. The van der Waals surface area contributed by atoms with Crippen molar-refractivity contribution in [3.05, 3.63) is 29.8 Å². The minimum absolute atomic E-state index is 0.592. The number of pyridine rings is 1. The Labute approximate surface area is 88.9 Å². The van der Waals surface area contributed by atoms with Gasteiger partial charge in [0, 0.05) is 5.39 Å². The van der Waals surface area contributed by atoms with Crippen molar-refractivity contribution in [3.63, 3.8) is 0 Å². The number of benzene rings is 1. The smallest absolute Gasteiger partial charge is 0.145 e. The molecule has 2 aromatic rings. The van der Waals surface area contributed by atoms with Crippen molar-refractivity contribution in [3.8, 4) is 5.75 Å². The second kappa shape index (κ2) is 3.77. The maximum Gasteiger partial charge on any atom is 0.145 e. The van der Waals surface area contributed by atoms with E-state index < -0.39 is 0 Å². The Kier molecular flexibility index (Phi) is 2.46. The molecule has 78 valence electrons. The lowest BCUT2D eigenvalue weighted by Gasteiger charge is -2.08. The van der Waals surface area contributed by atoms with E-state index in [1.54, 1.807) is 7.11 Å².